The van der Waals surface area contributed by atoms with E-state index < -0.39 is 5.54 Å². The first-order valence-corrected chi connectivity index (χ1v) is 7.03. The van der Waals surface area contributed by atoms with Crippen molar-refractivity contribution in [2.45, 2.75) is 45.7 Å². The second-order valence-electron chi connectivity index (χ2n) is 5.21. The predicted octanol–water partition coefficient (Wildman–Crippen LogP) is 1.51. The molecule has 0 bridgehead atoms. The van der Waals surface area contributed by atoms with Gasteiger partial charge in [0, 0.05) is 6.20 Å². The van der Waals surface area contributed by atoms with Crippen molar-refractivity contribution in [3.8, 4) is 0 Å². The number of carbonyl (C=O) groups is 1. The van der Waals surface area contributed by atoms with E-state index in [0.29, 0.717) is 19.1 Å². The topological polar surface area (TPSA) is 56.2 Å². The Balaban J connectivity index is 2.23. The average molecular weight is 265 g/mol. The number of hydrogen-bond acceptors (Lipinski definition) is 4. The van der Waals surface area contributed by atoms with Crippen molar-refractivity contribution in [2.24, 2.45) is 5.92 Å². The SMILES string of the molecule is CCNC(Cn1cc(C)cn1)(C(=O)OCC)C1CC1. The van der Waals surface area contributed by atoms with Crippen molar-refractivity contribution in [1.29, 1.82) is 0 Å². The van der Waals surface area contributed by atoms with E-state index in [2.05, 4.69) is 10.4 Å². The largest absolute Gasteiger partial charge is 0.465 e. The van der Waals surface area contributed by atoms with Gasteiger partial charge in [-0.05, 0) is 44.7 Å². The summed E-state index contributed by atoms with van der Waals surface area (Å²) in [7, 11) is 0. The van der Waals surface area contributed by atoms with Gasteiger partial charge in [0.15, 0.2) is 0 Å². The number of nitrogens with one attached hydrogen (secondary N) is 1. The number of hydrogen-bond donors (Lipinski definition) is 1. The van der Waals surface area contributed by atoms with Crippen LogP contribution in [0.15, 0.2) is 12.4 Å². The molecule has 0 amide bonds. The number of aryl methyl sites for hydroxylation is 1. The Morgan fingerprint density at radius 3 is 2.79 bits per heavy atom. The fraction of sp³-hybridized carbons (Fsp3) is 0.714. The second-order valence-corrected chi connectivity index (χ2v) is 5.21. The molecule has 1 N–H and O–H groups in total. The minimum Gasteiger partial charge on any atom is -0.465 e. The number of likely N-dealkylation sites (N-methyl/N-ethyl adjacent to an activating group) is 1. The molecular formula is C14H23N3O2. The lowest BCUT2D eigenvalue weighted by Crippen LogP contribution is -2.57. The fourth-order valence-electron chi connectivity index (χ4n) is 2.59. The van der Waals surface area contributed by atoms with Gasteiger partial charge in [-0.1, -0.05) is 6.92 Å². The van der Waals surface area contributed by atoms with Crippen LogP contribution >= 0.6 is 0 Å². The summed E-state index contributed by atoms with van der Waals surface area (Å²) in [6.45, 7) is 7.56. The summed E-state index contributed by atoms with van der Waals surface area (Å²) in [4.78, 5) is 12.4. The van der Waals surface area contributed by atoms with Crippen LogP contribution in [-0.2, 0) is 16.1 Å². The van der Waals surface area contributed by atoms with Crippen LogP contribution in [0, 0.1) is 12.8 Å². The number of aromatic nitrogens is 2. The molecule has 1 aliphatic rings. The first kappa shape index (κ1) is 14.1. The van der Waals surface area contributed by atoms with Crippen molar-refractivity contribution in [2.75, 3.05) is 13.2 Å². The average Bonchev–Trinajstić information content (AvgIpc) is 3.14. The smallest absolute Gasteiger partial charge is 0.328 e. The molecular weight excluding hydrogens is 242 g/mol. The predicted molar refractivity (Wildman–Crippen MR) is 72.7 cm³/mol. The standard InChI is InChI=1S/C14H23N3O2/c1-4-15-14(12-6-7-12,13(18)19-5-2)10-17-9-11(3)8-16-17/h8-9,12,15H,4-7,10H2,1-3H3. The van der Waals surface area contributed by atoms with Crippen molar-refractivity contribution >= 4 is 5.97 Å². The van der Waals surface area contributed by atoms with Gasteiger partial charge in [0.25, 0.3) is 0 Å². The van der Waals surface area contributed by atoms with E-state index in [-0.39, 0.29) is 5.97 Å². The normalized spacial score (nSPS) is 18.1. The van der Waals surface area contributed by atoms with Crippen LogP contribution in [0.5, 0.6) is 0 Å². The number of carbonyl (C=O) groups excluding carboxylic acids is 1. The quantitative estimate of drug-likeness (QED) is 0.759. The van der Waals surface area contributed by atoms with Gasteiger partial charge in [0.1, 0.15) is 5.54 Å². The molecule has 0 saturated heterocycles. The van der Waals surface area contributed by atoms with Crippen molar-refractivity contribution in [3.63, 3.8) is 0 Å². The number of ether oxygens (including phenoxy) is 1. The van der Waals surface area contributed by atoms with Crippen LogP contribution in [-0.4, -0.2) is 34.4 Å². The third kappa shape index (κ3) is 2.97. The van der Waals surface area contributed by atoms with Gasteiger partial charge in [-0.25, -0.2) is 4.79 Å². The van der Waals surface area contributed by atoms with Crippen LogP contribution in [0.2, 0.25) is 0 Å². The molecule has 0 aliphatic heterocycles. The van der Waals surface area contributed by atoms with E-state index in [1.165, 1.54) is 0 Å². The van der Waals surface area contributed by atoms with Crippen molar-refractivity contribution < 1.29 is 9.53 Å². The van der Waals surface area contributed by atoms with E-state index in [1.807, 2.05) is 37.8 Å². The molecule has 0 spiro atoms. The summed E-state index contributed by atoms with van der Waals surface area (Å²) in [5, 5.41) is 7.67. The molecule has 1 saturated carbocycles. The lowest BCUT2D eigenvalue weighted by molar-refractivity contribution is -0.153. The van der Waals surface area contributed by atoms with Gasteiger partial charge in [-0.2, -0.15) is 5.10 Å². The van der Waals surface area contributed by atoms with E-state index in [0.717, 1.165) is 24.9 Å². The van der Waals surface area contributed by atoms with Crippen molar-refractivity contribution in [1.82, 2.24) is 15.1 Å². The maximum absolute atomic E-state index is 12.4. The lowest BCUT2D eigenvalue weighted by atomic mass is 9.93. The molecule has 5 heteroatoms. The molecule has 5 nitrogen and oxygen atoms in total. The van der Waals surface area contributed by atoms with Gasteiger partial charge < -0.3 is 10.1 Å². The molecule has 1 heterocycles. The summed E-state index contributed by atoms with van der Waals surface area (Å²) < 4.78 is 7.14. The summed E-state index contributed by atoms with van der Waals surface area (Å²) in [5.74, 6) is 0.212. The fourth-order valence-corrected chi connectivity index (χ4v) is 2.59. The highest BCUT2D eigenvalue weighted by atomic mass is 16.5. The molecule has 0 aromatic carbocycles. The van der Waals surface area contributed by atoms with Gasteiger partial charge in [0.05, 0.1) is 19.3 Å². The van der Waals surface area contributed by atoms with Gasteiger partial charge >= 0.3 is 5.97 Å². The van der Waals surface area contributed by atoms with E-state index >= 15 is 0 Å². The van der Waals surface area contributed by atoms with Gasteiger partial charge in [0.2, 0.25) is 0 Å². The van der Waals surface area contributed by atoms with Gasteiger partial charge in [-0.15, -0.1) is 0 Å². The zero-order valence-electron chi connectivity index (χ0n) is 12.0. The highest BCUT2D eigenvalue weighted by Gasteiger charge is 2.52. The maximum Gasteiger partial charge on any atom is 0.328 e. The molecule has 2 rings (SSSR count). The monoisotopic (exact) mass is 265 g/mol. The van der Waals surface area contributed by atoms with E-state index in [9.17, 15) is 4.79 Å². The molecule has 0 radical (unpaired) electrons. The Hall–Kier alpha value is -1.36. The maximum atomic E-state index is 12.4. The highest BCUT2D eigenvalue weighted by Crippen LogP contribution is 2.41. The molecule has 19 heavy (non-hydrogen) atoms. The molecule has 106 valence electrons. The third-order valence-electron chi connectivity index (χ3n) is 3.58. The van der Waals surface area contributed by atoms with E-state index in [4.69, 9.17) is 4.74 Å². The van der Waals surface area contributed by atoms with Crippen LogP contribution in [0.25, 0.3) is 0 Å². The Labute approximate surface area is 114 Å². The Morgan fingerprint density at radius 1 is 1.58 bits per heavy atom. The summed E-state index contributed by atoms with van der Waals surface area (Å²) in [6, 6.07) is 0. The minimum absolute atomic E-state index is 0.146. The van der Waals surface area contributed by atoms with Crippen LogP contribution < -0.4 is 5.32 Å². The molecule has 1 atom stereocenters. The number of rotatable bonds is 7. The molecule has 1 aromatic rings. The van der Waals surface area contributed by atoms with Crippen molar-refractivity contribution in [3.05, 3.63) is 18.0 Å². The summed E-state index contributed by atoms with van der Waals surface area (Å²) in [5.41, 5.74) is 0.480. The lowest BCUT2D eigenvalue weighted by Gasteiger charge is -2.32. The highest BCUT2D eigenvalue weighted by molar-refractivity contribution is 5.81. The second kappa shape index (κ2) is 5.74. The number of nitrogens with zero attached hydrogens (tertiary/aromatic N) is 2. The molecule has 1 aromatic heterocycles. The van der Waals surface area contributed by atoms with Crippen LogP contribution in [0.4, 0.5) is 0 Å². The zero-order chi connectivity index (χ0) is 13.9. The third-order valence-corrected chi connectivity index (χ3v) is 3.58. The summed E-state index contributed by atoms with van der Waals surface area (Å²) >= 11 is 0. The van der Waals surface area contributed by atoms with E-state index in [1.54, 1.807) is 0 Å². The van der Waals surface area contributed by atoms with Gasteiger partial charge in [-0.3, -0.25) is 4.68 Å². The Morgan fingerprint density at radius 2 is 2.32 bits per heavy atom. The Bertz CT molecular complexity index is 440. The molecule has 1 fully saturated rings. The number of esters is 1. The minimum atomic E-state index is -0.622. The Kier molecular flexibility index (Phi) is 4.24. The summed E-state index contributed by atoms with van der Waals surface area (Å²) in [6.07, 6.45) is 5.93. The molecule has 1 aliphatic carbocycles. The van der Waals surface area contributed by atoms with Crippen LogP contribution in [0.1, 0.15) is 32.3 Å². The van der Waals surface area contributed by atoms with Crippen LogP contribution in [0.3, 0.4) is 0 Å². The zero-order valence-corrected chi connectivity index (χ0v) is 12.0. The first-order valence-electron chi connectivity index (χ1n) is 7.03. The molecule has 1 unspecified atom stereocenters. The first-order chi connectivity index (χ1) is 9.12.